The highest BCUT2D eigenvalue weighted by atomic mass is 32.1. The molecule has 0 aliphatic carbocycles. The highest BCUT2D eigenvalue weighted by molar-refractivity contribution is 7.17. The van der Waals surface area contributed by atoms with Gasteiger partial charge in [0.25, 0.3) is 0 Å². The average molecular weight is 355 g/mol. The van der Waals surface area contributed by atoms with Gasteiger partial charge in [0.2, 0.25) is 0 Å². The number of aromatic nitrogens is 2. The summed E-state index contributed by atoms with van der Waals surface area (Å²) in [5.74, 6) is 1.72. The largest absolute Gasteiger partial charge is 0.377 e. The molecule has 1 aliphatic rings. The molecule has 1 unspecified atom stereocenters. The van der Waals surface area contributed by atoms with E-state index in [0.29, 0.717) is 6.61 Å². The number of morpholine rings is 1. The van der Waals surface area contributed by atoms with Crippen LogP contribution in [-0.2, 0) is 16.1 Å². The normalized spacial score (nSPS) is 18.0. The fourth-order valence-electron chi connectivity index (χ4n) is 3.23. The van der Waals surface area contributed by atoms with E-state index in [0.717, 1.165) is 41.6 Å². The lowest BCUT2D eigenvalue weighted by atomic mass is 10.1. The van der Waals surface area contributed by atoms with Gasteiger partial charge in [0.15, 0.2) is 5.82 Å². The number of ether oxygens (including phenoxy) is 2. The number of fused-ring (bicyclic) bond motifs is 1. The Morgan fingerprint density at radius 1 is 1.28 bits per heavy atom. The molecule has 0 N–H and O–H groups in total. The molecule has 0 radical (unpaired) electrons. The van der Waals surface area contributed by atoms with Crippen molar-refractivity contribution in [2.75, 3.05) is 31.7 Å². The van der Waals surface area contributed by atoms with E-state index >= 15 is 0 Å². The van der Waals surface area contributed by atoms with Crippen LogP contribution in [-0.4, -0.2) is 42.9 Å². The summed E-state index contributed by atoms with van der Waals surface area (Å²) in [5, 5.41) is 3.31. The molecule has 0 amide bonds. The molecule has 3 aromatic rings. The van der Waals surface area contributed by atoms with Crippen molar-refractivity contribution in [2.24, 2.45) is 0 Å². The molecular weight excluding hydrogens is 334 g/mol. The topological polar surface area (TPSA) is 47.5 Å². The van der Waals surface area contributed by atoms with Crippen molar-refractivity contribution in [3.8, 4) is 11.1 Å². The lowest BCUT2D eigenvalue weighted by molar-refractivity contribution is 0.0530. The maximum atomic E-state index is 5.71. The zero-order valence-electron chi connectivity index (χ0n) is 14.4. The second kappa shape index (κ2) is 7.07. The highest BCUT2D eigenvalue weighted by Crippen LogP contribution is 2.38. The van der Waals surface area contributed by atoms with Crippen LogP contribution in [0.2, 0.25) is 0 Å². The first-order chi connectivity index (χ1) is 12.3. The maximum Gasteiger partial charge on any atom is 0.158 e. The Balaban J connectivity index is 1.89. The zero-order valence-corrected chi connectivity index (χ0v) is 15.3. The standard InChI is InChI=1S/C19H21N3O2S/c1-13-10-22(8-9-24-13)18-17-15(14-6-4-3-5-7-14)12-25-19(17)21-16(20-18)11-23-2/h3-7,12-13H,8-11H2,1-2H3. The smallest absolute Gasteiger partial charge is 0.158 e. The Morgan fingerprint density at radius 2 is 2.12 bits per heavy atom. The van der Waals surface area contributed by atoms with E-state index in [9.17, 15) is 0 Å². The molecule has 3 heterocycles. The van der Waals surface area contributed by atoms with Crippen LogP contribution in [0.4, 0.5) is 5.82 Å². The third-order valence-corrected chi connectivity index (χ3v) is 5.23. The molecule has 2 aromatic heterocycles. The van der Waals surface area contributed by atoms with Gasteiger partial charge in [-0.1, -0.05) is 30.3 Å². The number of anilines is 1. The predicted molar refractivity (Wildman–Crippen MR) is 101 cm³/mol. The SMILES string of the molecule is COCc1nc(N2CCOC(C)C2)c2c(-c3ccccc3)csc2n1. The number of thiophene rings is 1. The number of benzene rings is 1. The van der Waals surface area contributed by atoms with Crippen molar-refractivity contribution in [3.63, 3.8) is 0 Å². The summed E-state index contributed by atoms with van der Waals surface area (Å²) in [6.45, 7) is 4.92. The molecule has 130 valence electrons. The fraction of sp³-hybridized carbons (Fsp3) is 0.368. The summed E-state index contributed by atoms with van der Waals surface area (Å²) in [4.78, 5) is 12.9. The molecule has 6 heteroatoms. The monoisotopic (exact) mass is 355 g/mol. The minimum absolute atomic E-state index is 0.198. The third kappa shape index (κ3) is 3.25. The van der Waals surface area contributed by atoms with Crippen LogP contribution in [0.1, 0.15) is 12.7 Å². The Bertz CT molecular complexity index is 866. The van der Waals surface area contributed by atoms with Crippen LogP contribution in [0.25, 0.3) is 21.3 Å². The van der Waals surface area contributed by atoms with Crippen LogP contribution in [0.5, 0.6) is 0 Å². The summed E-state index contributed by atoms with van der Waals surface area (Å²) in [6, 6.07) is 10.4. The van der Waals surface area contributed by atoms with Gasteiger partial charge < -0.3 is 14.4 Å². The summed E-state index contributed by atoms with van der Waals surface area (Å²) < 4.78 is 11.0. The van der Waals surface area contributed by atoms with E-state index in [2.05, 4.69) is 41.5 Å². The second-order valence-corrected chi connectivity index (χ2v) is 7.08. The third-order valence-electron chi connectivity index (χ3n) is 4.36. The number of rotatable bonds is 4. The Labute approximate surface area is 151 Å². The van der Waals surface area contributed by atoms with Crippen LogP contribution in [0, 0.1) is 0 Å². The van der Waals surface area contributed by atoms with Crippen molar-refractivity contribution in [1.82, 2.24) is 9.97 Å². The maximum absolute atomic E-state index is 5.71. The van der Waals surface area contributed by atoms with Crippen molar-refractivity contribution >= 4 is 27.4 Å². The van der Waals surface area contributed by atoms with Gasteiger partial charge in [-0.2, -0.15) is 0 Å². The Morgan fingerprint density at radius 3 is 2.88 bits per heavy atom. The molecule has 0 bridgehead atoms. The van der Waals surface area contributed by atoms with Gasteiger partial charge in [-0.25, -0.2) is 9.97 Å². The first kappa shape index (κ1) is 16.4. The summed E-state index contributed by atoms with van der Waals surface area (Å²) in [6.07, 6.45) is 0.198. The van der Waals surface area contributed by atoms with Gasteiger partial charge >= 0.3 is 0 Å². The quantitative estimate of drug-likeness (QED) is 0.714. The van der Waals surface area contributed by atoms with E-state index in [1.54, 1.807) is 18.4 Å². The van der Waals surface area contributed by atoms with E-state index in [1.807, 2.05) is 6.07 Å². The highest BCUT2D eigenvalue weighted by Gasteiger charge is 2.23. The lowest BCUT2D eigenvalue weighted by Gasteiger charge is -2.32. The van der Waals surface area contributed by atoms with Crippen LogP contribution in [0.15, 0.2) is 35.7 Å². The number of hydrogen-bond donors (Lipinski definition) is 0. The van der Waals surface area contributed by atoms with E-state index in [-0.39, 0.29) is 6.10 Å². The van der Waals surface area contributed by atoms with Gasteiger partial charge in [-0.15, -0.1) is 11.3 Å². The molecule has 1 saturated heterocycles. The number of hydrogen-bond acceptors (Lipinski definition) is 6. The first-order valence-corrected chi connectivity index (χ1v) is 9.33. The summed E-state index contributed by atoms with van der Waals surface area (Å²) in [7, 11) is 1.67. The fourth-order valence-corrected chi connectivity index (χ4v) is 4.19. The van der Waals surface area contributed by atoms with Gasteiger partial charge in [0.1, 0.15) is 17.3 Å². The molecule has 0 saturated carbocycles. The minimum atomic E-state index is 0.198. The molecule has 1 aliphatic heterocycles. The molecule has 25 heavy (non-hydrogen) atoms. The van der Waals surface area contributed by atoms with Crippen LogP contribution >= 0.6 is 11.3 Å². The van der Waals surface area contributed by atoms with Crippen LogP contribution in [0.3, 0.4) is 0 Å². The summed E-state index contributed by atoms with van der Waals surface area (Å²) >= 11 is 1.66. The Kier molecular flexibility index (Phi) is 4.65. The molecular formula is C19H21N3O2S. The zero-order chi connectivity index (χ0) is 17.2. The lowest BCUT2D eigenvalue weighted by Crippen LogP contribution is -2.41. The molecule has 5 nitrogen and oxygen atoms in total. The van der Waals surface area contributed by atoms with Gasteiger partial charge in [0.05, 0.1) is 18.1 Å². The Hall–Kier alpha value is -2.02. The number of nitrogens with zero attached hydrogens (tertiary/aromatic N) is 3. The van der Waals surface area contributed by atoms with Crippen LogP contribution < -0.4 is 4.90 Å². The molecule has 4 rings (SSSR count). The van der Waals surface area contributed by atoms with Crippen molar-refractivity contribution in [1.29, 1.82) is 0 Å². The van der Waals surface area contributed by atoms with Crippen molar-refractivity contribution < 1.29 is 9.47 Å². The average Bonchev–Trinajstić information content (AvgIpc) is 3.06. The molecule has 1 fully saturated rings. The first-order valence-electron chi connectivity index (χ1n) is 8.45. The van der Waals surface area contributed by atoms with Gasteiger partial charge in [0, 0.05) is 31.1 Å². The number of methoxy groups -OCH3 is 1. The predicted octanol–water partition coefficient (Wildman–Crippen LogP) is 3.73. The van der Waals surface area contributed by atoms with Gasteiger partial charge in [-0.05, 0) is 12.5 Å². The molecule has 1 atom stereocenters. The van der Waals surface area contributed by atoms with Crippen molar-refractivity contribution in [3.05, 3.63) is 41.5 Å². The van der Waals surface area contributed by atoms with Gasteiger partial charge in [-0.3, -0.25) is 0 Å². The van der Waals surface area contributed by atoms with E-state index in [1.165, 1.54) is 11.1 Å². The van der Waals surface area contributed by atoms with E-state index < -0.39 is 0 Å². The van der Waals surface area contributed by atoms with Crippen molar-refractivity contribution in [2.45, 2.75) is 19.6 Å². The summed E-state index contributed by atoms with van der Waals surface area (Å²) in [5.41, 5.74) is 2.39. The molecule has 1 aromatic carbocycles. The molecule has 0 spiro atoms. The van der Waals surface area contributed by atoms with E-state index in [4.69, 9.17) is 19.4 Å². The second-order valence-electron chi connectivity index (χ2n) is 6.22. The minimum Gasteiger partial charge on any atom is -0.377 e.